The number of aliphatic hydroxyl groups is 1. The topological polar surface area (TPSA) is 88.8 Å². The zero-order valence-electron chi connectivity index (χ0n) is 19.2. The monoisotopic (exact) mass is 493 g/mol. The molecule has 2 rings (SSSR count). The predicted molar refractivity (Wildman–Crippen MR) is 128 cm³/mol. The highest BCUT2D eigenvalue weighted by atomic mass is 35.5. The molecule has 1 N–H and O–H groups in total. The fraction of sp³-hybridized carbons (Fsp3) is 0.440. The minimum absolute atomic E-state index is 0.0290. The number of nitrogens with zero attached hydrogens (tertiary/aromatic N) is 1. The summed E-state index contributed by atoms with van der Waals surface area (Å²) in [7, 11) is 0. The Hall–Kier alpha value is -2.46. The standard InChI is InChI=1S/C25H29Cl2NO5/c1-16-11-19(12-23(27)24(16)32-15-22(13-26)33-17(2)29)25(3,4)18-5-7-21(8-6-18)31-14-20(30)9-10-28/h5-8,11-12,20,22,30H,9,13-15H2,1-4H3. The summed E-state index contributed by atoms with van der Waals surface area (Å²) < 4.78 is 16.5. The Morgan fingerprint density at radius 1 is 1.15 bits per heavy atom. The van der Waals surface area contributed by atoms with Crippen molar-refractivity contribution in [2.24, 2.45) is 0 Å². The molecule has 178 valence electrons. The van der Waals surface area contributed by atoms with Crippen LogP contribution < -0.4 is 9.47 Å². The minimum Gasteiger partial charge on any atom is -0.491 e. The molecular formula is C25H29Cl2NO5. The van der Waals surface area contributed by atoms with Crippen LogP contribution in [0.25, 0.3) is 0 Å². The summed E-state index contributed by atoms with van der Waals surface area (Å²) in [5.41, 5.74) is 2.55. The number of esters is 1. The number of carbonyl (C=O) groups is 1. The van der Waals surface area contributed by atoms with E-state index in [1.54, 1.807) is 0 Å². The zero-order chi connectivity index (χ0) is 24.6. The van der Waals surface area contributed by atoms with E-state index in [0.29, 0.717) is 16.5 Å². The van der Waals surface area contributed by atoms with Crippen molar-refractivity contribution in [3.8, 4) is 17.6 Å². The van der Waals surface area contributed by atoms with Crippen LogP contribution in [0.15, 0.2) is 36.4 Å². The van der Waals surface area contributed by atoms with E-state index in [1.807, 2.05) is 49.4 Å². The van der Waals surface area contributed by atoms with Gasteiger partial charge in [0, 0.05) is 12.3 Å². The van der Waals surface area contributed by atoms with Crippen LogP contribution in [0.2, 0.25) is 5.02 Å². The largest absolute Gasteiger partial charge is 0.491 e. The van der Waals surface area contributed by atoms with Gasteiger partial charge in [-0.2, -0.15) is 5.26 Å². The Morgan fingerprint density at radius 3 is 2.36 bits per heavy atom. The molecule has 0 amide bonds. The molecule has 0 aliphatic rings. The molecule has 0 bridgehead atoms. The smallest absolute Gasteiger partial charge is 0.303 e. The maximum absolute atomic E-state index is 11.2. The highest BCUT2D eigenvalue weighted by Gasteiger charge is 2.25. The number of alkyl halides is 1. The van der Waals surface area contributed by atoms with Gasteiger partial charge >= 0.3 is 5.97 Å². The van der Waals surface area contributed by atoms with Crippen LogP contribution in [0.5, 0.6) is 11.5 Å². The van der Waals surface area contributed by atoms with Gasteiger partial charge in [0.15, 0.2) is 0 Å². The van der Waals surface area contributed by atoms with Crippen molar-refractivity contribution >= 4 is 29.2 Å². The van der Waals surface area contributed by atoms with Crippen molar-refractivity contribution < 1.29 is 24.1 Å². The second-order valence-corrected chi connectivity index (χ2v) is 8.99. The number of halogens is 2. The van der Waals surface area contributed by atoms with E-state index in [0.717, 1.165) is 16.7 Å². The molecule has 0 aromatic heterocycles. The van der Waals surface area contributed by atoms with Crippen LogP contribution in [-0.2, 0) is 14.9 Å². The van der Waals surface area contributed by atoms with E-state index in [1.165, 1.54) is 6.92 Å². The number of hydrogen-bond acceptors (Lipinski definition) is 6. The maximum atomic E-state index is 11.2. The Kier molecular flexibility index (Phi) is 9.85. The van der Waals surface area contributed by atoms with Gasteiger partial charge in [0.2, 0.25) is 0 Å². The van der Waals surface area contributed by atoms with E-state index in [2.05, 4.69) is 13.8 Å². The number of rotatable bonds is 11. The van der Waals surface area contributed by atoms with Crippen molar-refractivity contribution in [2.75, 3.05) is 19.1 Å². The summed E-state index contributed by atoms with van der Waals surface area (Å²) in [5.74, 6) is 0.849. The molecule has 2 unspecified atom stereocenters. The molecule has 33 heavy (non-hydrogen) atoms. The van der Waals surface area contributed by atoms with Crippen molar-refractivity contribution in [3.05, 3.63) is 58.1 Å². The summed E-state index contributed by atoms with van der Waals surface area (Å²) in [5, 5.41) is 18.7. The number of aryl methyl sites for hydroxylation is 1. The summed E-state index contributed by atoms with van der Waals surface area (Å²) >= 11 is 12.4. The first-order chi connectivity index (χ1) is 15.6. The zero-order valence-corrected chi connectivity index (χ0v) is 20.7. The van der Waals surface area contributed by atoms with Crippen LogP contribution >= 0.6 is 23.2 Å². The van der Waals surface area contributed by atoms with Gasteiger partial charge in [-0.05, 0) is 41.8 Å². The molecule has 0 saturated heterocycles. The number of carbonyl (C=O) groups excluding carboxylic acids is 1. The molecule has 0 radical (unpaired) electrons. The molecule has 8 heteroatoms. The first-order valence-electron chi connectivity index (χ1n) is 10.5. The molecule has 0 aliphatic heterocycles. The molecule has 2 aromatic rings. The van der Waals surface area contributed by atoms with Crippen LogP contribution in [0, 0.1) is 18.3 Å². The van der Waals surface area contributed by atoms with Gasteiger partial charge in [0.25, 0.3) is 0 Å². The number of benzene rings is 2. The van der Waals surface area contributed by atoms with Gasteiger partial charge in [-0.25, -0.2) is 0 Å². The normalized spacial score (nSPS) is 13.0. The Bertz CT molecular complexity index is 962. The van der Waals surface area contributed by atoms with Gasteiger partial charge in [0.05, 0.1) is 23.4 Å². The second kappa shape index (κ2) is 12.1. The summed E-state index contributed by atoms with van der Waals surface area (Å²) in [6, 6.07) is 13.4. The lowest BCUT2D eigenvalue weighted by Gasteiger charge is -2.28. The molecule has 2 atom stereocenters. The fourth-order valence-electron chi connectivity index (χ4n) is 3.29. The Labute approximate surface area is 205 Å². The Morgan fingerprint density at radius 2 is 1.82 bits per heavy atom. The van der Waals surface area contributed by atoms with Crippen LogP contribution in [-0.4, -0.2) is 42.4 Å². The van der Waals surface area contributed by atoms with Crippen LogP contribution in [0.1, 0.15) is 43.9 Å². The fourth-order valence-corrected chi connectivity index (χ4v) is 3.76. The molecule has 0 aliphatic carbocycles. The lowest BCUT2D eigenvalue weighted by Crippen LogP contribution is -2.26. The summed E-state index contributed by atoms with van der Waals surface area (Å²) in [6.45, 7) is 7.59. The Balaban J connectivity index is 2.15. The molecule has 0 saturated carbocycles. The number of hydrogen-bond donors (Lipinski definition) is 1. The minimum atomic E-state index is -0.814. The predicted octanol–water partition coefficient (Wildman–Crippen LogP) is 5.18. The quantitative estimate of drug-likeness (QED) is 0.342. The molecule has 0 spiro atoms. The van der Waals surface area contributed by atoms with Crippen molar-refractivity contribution in [2.45, 2.75) is 51.7 Å². The van der Waals surface area contributed by atoms with E-state index in [4.69, 9.17) is 42.7 Å². The summed E-state index contributed by atoms with van der Waals surface area (Å²) in [4.78, 5) is 11.2. The number of aliphatic hydroxyl groups excluding tert-OH is 1. The van der Waals surface area contributed by atoms with Crippen molar-refractivity contribution in [1.82, 2.24) is 0 Å². The highest BCUT2D eigenvalue weighted by molar-refractivity contribution is 6.32. The average Bonchev–Trinajstić information content (AvgIpc) is 2.76. The number of nitriles is 1. The molecule has 0 fully saturated rings. The second-order valence-electron chi connectivity index (χ2n) is 8.28. The highest BCUT2D eigenvalue weighted by Crippen LogP contribution is 2.38. The van der Waals surface area contributed by atoms with E-state index < -0.39 is 18.2 Å². The first kappa shape index (κ1) is 26.8. The van der Waals surface area contributed by atoms with E-state index in [-0.39, 0.29) is 30.9 Å². The van der Waals surface area contributed by atoms with Crippen LogP contribution in [0.4, 0.5) is 0 Å². The molecule has 6 nitrogen and oxygen atoms in total. The third-order valence-electron chi connectivity index (χ3n) is 5.21. The van der Waals surface area contributed by atoms with Gasteiger partial charge in [-0.15, -0.1) is 11.6 Å². The number of ether oxygens (including phenoxy) is 3. The van der Waals surface area contributed by atoms with Gasteiger partial charge in [-0.1, -0.05) is 43.6 Å². The van der Waals surface area contributed by atoms with Crippen molar-refractivity contribution in [3.63, 3.8) is 0 Å². The van der Waals surface area contributed by atoms with Crippen molar-refractivity contribution in [1.29, 1.82) is 5.26 Å². The third kappa shape index (κ3) is 7.53. The lowest BCUT2D eigenvalue weighted by molar-refractivity contribution is -0.146. The third-order valence-corrected chi connectivity index (χ3v) is 5.84. The average molecular weight is 494 g/mol. The van der Waals surface area contributed by atoms with Gasteiger partial charge < -0.3 is 19.3 Å². The molecular weight excluding hydrogens is 465 g/mol. The SMILES string of the molecule is CC(=O)OC(CCl)COc1c(C)cc(C(C)(C)c2ccc(OCC(O)CC#N)cc2)cc1Cl. The van der Waals surface area contributed by atoms with E-state index in [9.17, 15) is 9.90 Å². The summed E-state index contributed by atoms with van der Waals surface area (Å²) in [6.07, 6.45) is -1.34. The molecule has 2 aromatic carbocycles. The van der Waals surface area contributed by atoms with Gasteiger partial charge in [0.1, 0.15) is 36.9 Å². The maximum Gasteiger partial charge on any atom is 0.303 e. The van der Waals surface area contributed by atoms with E-state index >= 15 is 0 Å². The van der Waals surface area contributed by atoms with Crippen LogP contribution in [0.3, 0.4) is 0 Å². The lowest BCUT2D eigenvalue weighted by atomic mass is 9.77. The first-order valence-corrected chi connectivity index (χ1v) is 11.4. The molecule has 0 heterocycles. The van der Waals surface area contributed by atoms with Gasteiger partial charge in [-0.3, -0.25) is 4.79 Å².